The van der Waals surface area contributed by atoms with Gasteiger partial charge in [-0.05, 0) is 31.2 Å². The Morgan fingerprint density at radius 2 is 1.36 bits per heavy atom. The maximum absolute atomic E-state index is 10.9. The summed E-state index contributed by atoms with van der Waals surface area (Å²) < 4.78 is 10.2. The van der Waals surface area contributed by atoms with Gasteiger partial charge in [-0.15, -0.1) is 0 Å². The van der Waals surface area contributed by atoms with Crippen LogP contribution in [0.1, 0.15) is 26.3 Å². The summed E-state index contributed by atoms with van der Waals surface area (Å²) in [6.07, 6.45) is 0. The van der Waals surface area contributed by atoms with Crippen molar-refractivity contribution in [2.24, 2.45) is 0 Å². The van der Waals surface area contributed by atoms with Gasteiger partial charge in [0.2, 0.25) is 0 Å². The number of hydrogen-bond donors (Lipinski definition) is 0. The van der Waals surface area contributed by atoms with E-state index < -0.39 is 0 Å². The number of benzene rings is 2. The van der Waals surface area contributed by atoms with Crippen LogP contribution < -0.4 is 22.6 Å². The summed E-state index contributed by atoms with van der Waals surface area (Å²) in [5.41, 5.74) is 2.27. The second kappa shape index (κ2) is 9.19. The van der Waals surface area contributed by atoms with Crippen molar-refractivity contribution in [3.05, 3.63) is 68.8 Å². The molecular formula is C17H18IO4+. The molecule has 0 aromatic heterocycles. The second-order valence-corrected chi connectivity index (χ2v) is 5.73. The highest BCUT2D eigenvalue weighted by atomic mass is 127. The molecule has 0 heterocycles. The number of carbonyl (C=O) groups excluding carboxylic acids is 2. The van der Waals surface area contributed by atoms with Crippen molar-refractivity contribution in [1.82, 2.24) is 0 Å². The normalized spacial score (nSPS) is 9.27. The van der Waals surface area contributed by atoms with Gasteiger partial charge in [-0.25, -0.2) is 9.59 Å². The van der Waals surface area contributed by atoms with E-state index in [4.69, 9.17) is 0 Å². The van der Waals surface area contributed by atoms with Crippen LogP contribution in [0, 0.1) is 10.5 Å². The molecule has 0 bridgehead atoms. The molecule has 0 saturated carbocycles. The topological polar surface area (TPSA) is 52.6 Å². The quantitative estimate of drug-likeness (QED) is 0.502. The number of ether oxygens (including phenoxy) is 2. The molecule has 0 saturated heterocycles. The van der Waals surface area contributed by atoms with Crippen LogP contribution in [0.4, 0.5) is 0 Å². The molecule has 2 aromatic carbocycles. The number of aryl methyl sites for hydroxylation is 1. The van der Waals surface area contributed by atoms with E-state index in [9.17, 15) is 9.59 Å². The fourth-order valence-electron chi connectivity index (χ4n) is 1.63. The van der Waals surface area contributed by atoms with Crippen molar-refractivity contribution in [2.45, 2.75) is 6.92 Å². The largest absolute Gasteiger partial charge is 0.465 e. The third-order valence-corrected chi connectivity index (χ3v) is 3.42. The van der Waals surface area contributed by atoms with Crippen LogP contribution in [0.3, 0.4) is 0 Å². The minimum Gasteiger partial charge on any atom is -0.465 e. The van der Waals surface area contributed by atoms with Gasteiger partial charge in [0.25, 0.3) is 22.6 Å². The molecule has 0 radical (unpaired) electrons. The van der Waals surface area contributed by atoms with Crippen molar-refractivity contribution in [2.75, 3.05) is 14.2 Å². The lowest BCUT2D eigenvalue weighted by atomic mass is 10.1. The first-order valence-electron chi connectivity index (χ1n) is 6.48. The number of methoxy groups -OCH3 is 2. The average Bonchev–Trinajstić information content (AvgIpc) is 2.54. The minimum absolute atomic E-state index is 0.282. The zero-order valence-electron chi connectivity index (χ0n) is 12.7. The van der Waals surface area contributed by atoms with Gasteiger partial charge in [-0.2, -0.15) is 0 Å². The second-order valence-electron chi connectivity index (χ2n) is 4.38. The van der Waals surface area contributed by atoms with Crippen molar-refractivity contribution in [3.8, 4) is 0 Å². The van der Waals surface area contributed by atoms with Gasteiger partial charge < -0.3 is 9.47 Å². The Hall–Kier alpha value is -1.89. The van der Waals surface area contributed by atoms with Crippen molar-refractivity contribution < 1.29 is 41.7 Å². The van der Waals surface area contributed by atoms with E-state index in [0.717, 1.165) is 9.13 Å². The third kappa shape index (κ3) is 5.85. The molecule has 22 heavy (non-hydrogen) atoms. The van der Waals surface area contributed by atoms with E-state index in [1.807, 2.05) is 53.8 Å². The first-order valence-corrected chi connectivity index (χ1v) is 7.65. The van der Waals surface area contributed by atoms with E-state index in [0.29, 0.717) is 11.1 Å². The summed E-state index contributed by atoms with van der Waals surface area (Å²) in [6.45, 7) is 1.94. The van der Waals surface area contributed by atoms with Crippen LogP contribution >= 0.6 is 0 Å². The molecule has 4 nitrogen and oxygen atoms in total. The predicted octanol–water partition coefficient (Wildman–Crippen LogP) is -0.290. The lowest BCUT2D eigenvalue weighted by molar-refractivity contribution is -0.328. The van der Waals surface area contributed by atoms with Crippen LogP contribution in [0.25, 0.3) is 0 Å². The number of esters is 2. The van der Waals surface area contributed by atoms with Crippen molar-refractivity contribution in [1.29, 1.82) is 0 Å². The van der Waals surface area contributed by atoms with Crippen molar-refractivity contribution >= 4 is 11.9 Å². The van der Waals surface area contributed by atoms with E-state index in [-0.39, 0.29) is 11.9 Å². The first kappa shape index (κ1) is 18.2. The molecule has 0 aliphatic heterocycles. The molecule has 2 rings (SSSR count). The molecule has 0 atom stereocenters. The monoisotopic (exact) mass is 413 g/mol. The molecule has 0 spiro atoms. The van der Waals surface area contributed by atoms with Gasteiger partial charge in [0, 0.05) is 6.07 Å². The summed E-state index contributed by atoms with van der Waals surface area (Å²) in [6, 6.07) is 14.6. The molecule has 5 heteroatoms. The highest BCUT2D eigenvalue weighted by Crippen LogP contribution is 2.04. The summed E-state index contributed by atoms with van der Waals surface area (Å²) in [5, 5.41) is 0. The Morgan fingerprint density at radius 3 is 1.82 bits per heavy atom. The highest BCUT2D eigenvalue weighted by Gasteiger charge is 2.06. The van der Waals surface area contributed by atoms with E-state index in [1.165, 1.54) is 14.2 Å². The van der Waals surface area contributed by atoms with Crippen LogP contribution in [-0.4, -0.2) is 26.2 Å². The molecule has 0 N–H and O–H groups in total. The van der Waals surface area contributed by atoms with Gasteiger partial charge in [-0.3, -0.25) is 0 Å². The fourth-order valence-corrected chi connectivity index (χ4v) is 2.22. The average molecular weight is 413 g/mol. The molecule has 0 amide bonds. The fraction of sp³-hybridized carbons (Fsp3) is 0.176. The van der Waals surface area contributed by atoms with Crippen LogP contribution in [0.5, 0.6) is 0 Å². The molecule has 0 aliphatic rings. The van der Waals surface area contributed by atoms with Gasteiger partial charge >= 0.3 is 11.9 Å². The number of carbonyl (C=O) groups is 2. The zero-order valence-corrected chi connectivity index (χ0v) is 15.0. The Morgan fingerprint density at radius 1 is 0.864 bits per heavy atom. The van der Waals surface area contributed by atoms with Crippen LogP contribution in [0.15, 0.2) is 48.5 Å². The lowest BCUT2D eigenvalue weighted by Crippen LogP contribution is -3.34. The number of halogens is 1. The molecule has 2 aromatic rings. The standard InChI is InChI=1S/C9H10O2.C8H8IO2/c1-7-4-3-5-8(6-7)9(10)11-2;1-11-8(10)6-3-2-4-7(9)5-6/h3-6H,1-2H3;2-5,9H,1H3/q;+1. The summed E-state index contributed by atoms with van der Waals surface area (Å²) >= 11 is 1.87. The molecule has 0 unspecified atom stereocenters. The summed E-state index contributed by atoms with van der Waals surface area (Å²) in [7, 11) is 2.76. The first-order chi connectivity index (χ1) is 10.5. The minimum atomic E-state index is -0.284. The maximum Gasteiger partial charge on any atom is 0.338 e. The summed E-state index contributed by atoms with van der Waals surface area (Å²) in [5.74, 6) is -0.566. The summed E-state index contributed by atoms with van der Waals surface area (Å²) in [4.78, 5) is 21.9. The van der Waals surface area contributed by atoms with Crippen molar-refractivity contribution in [3.63, 3.8) is 0 Å². The Labute approximate surface area is 143 Å². The Balaban J connectivity index is 0.000000220. The number of rotatable bonds is 2. The number of hydrogen-bond acceptors (Lipinski definition) is 4. The molecule has 116 valence electrons. The highest BCUT2D eigenvalue weighted by molar-refractivity contribution is 5.89. The SMILES string of the molecule is COC(=O)c1cccc(C)c1.COC(=O)c1cccc([IH+])c1. The van der Waals surface area contributed by atoms with Crippen LogP contribution in [0.2, 0.25) is 0 Å². The third-order valence-electron chi connectivity index (χ3n) is 2.69. The molecular weight excluding hydrogens is 395 g/mol. The van der Waals surface area contributed by atoms with Crippen LogP contribution in [-0.2, 0) is 9.47 Å². The molecule has 0 aliphatic carbocycles. The van der Waals surface area contributed by atoms with E-state index in [1.54, 1.807) is 24.3 Å². The van der Waals surface area contributed by atoms with Gasteiger partial charge in [0.15, 0.2) is 3.57 Å². The van der Waals surface area contributed by atoms with Gasteiger partial charge in [0.05, 0.1) is 25.3 Å². The maximum atomic E-state index is 10.9. The zero-order chi connectivity index (χ0) is 16.5. The Kier molecular flexibility index (Phi) is 7.59. The Bertz CT molecular complexity index is 595. The van der Waals surface area contributed by atoms with Gasteiger partial charge in [0.1, 0.15) is 0 Å². The van der Waals surface area contributed by atoms with E-state index >= 15 is 0 Å². The van der Waals surface area contributed by atoms with Gasteiger partial charge in [-0.1, -0.05) is 23.8 Å². The smallest absolute Gasteiger partial charge is 0.338 e. The van der Waals surface area contributed by atoms with E-state index in [2.05, 4.69) is 9.47 Å². The predicted molar refractivity (Wildman–Crippen MR) is 80.4 cm³/mol. The molecule has 0 fully saturated rings. The lowest BCUT2D eigenvalue weighted by Gasteiger charge is -1.98.